The molecule has 0 aliphatic carbocycles. The van der Waals surface area contributed by atoms with Crippen LogP contribution < -0.4 is 10.6 Å². The minimum Gasteiger partial charge on any atom is -0.357 e. The molecule has 7 nitrogen and oxygen atoms in total. The van der Waals surface area contributed by atoms with Crippen molar-refractivity contribution in [2.45, 2.75) is 46.0 Å². The normalized spacial score (nSPS) is 20.5. The van der Waals surface area contributed by atoms with Gasteiger partial charge in [0.25, 0.3) is 0 Å². The van der Waals surface area contributed by atoms with Crippen molar-refractivity contribution in [2.75, 3.05) is 45.8 Å². The second-order valence-electron chi connectivity index (χ2n) is 7.05. The average molecular weight is 479 g/mol. The van der Waals surface area contributed by atoms with Crippen LogP contribution in [0, 0.1) is 5.92 Å². The topological polar surface area (TPSA) is 77.0 Å². The van der Waals surface area contributed by atoms with Gasteiger partial charge in [0.1, 0.15) is 6.54 Å². The van der Waals surface area contributed by atoms with Crippen molar-refractivity contribution in [3.63, 3.8) is 0 Å². The van der Waals surface area contributed by atoms with E-state index in [0.717, 1.165) is 52.0 Å². The summed E-state index contributed by atoms with van der Waals surface area (Å²) in [6.45, 7) is 9.05. The van der Waals surface area contributed by atoms with Crippen molar-refractivity contribution in [1.82, 2.24) is 20.4 Å². The minimum atomic E-state index is 0. The van der Waals surface area contributed by atoms with Crippen LogP contribution >= 0.6 is 24.0 Å². The van der Waals surface area contributed by atoms with Gasteiger partial charge in [-0.05, 0) is 38.5 Å². The third-order valence-electron chi connectivity index (χ3n) is 4.82. The van der Waals surface area contributed by atoms with Gasteiger partial charge < -0.3 is 20.4 Å². The van der Waals surface area contributed by atoms with E-state index in [1.807, 2.05) is 16.7 Å². The number of halogens is 1. The predicted octanol–water partition coefficient (Wildman–Crippen LogP) is 1.43. The summed E-state index contributed by atoms with van der Waals surface area (Å²) in [6.07, 6.45) is 4.94. The zero-order valence-corrected chi connectivity index (χ0v) is 18.5. The van der Waals surface area contributed by atoms with E-state index in [9.17, 15) is 9.59 Å². The standard InChI is InChI=1S/C18H33N5O2.HI/c1-3-19-18(21-13-17(25)22-10-4-5-11-22)20-9-8-16(24)23-12-6-7-15(2)14-23;/h15H,3-14H2,1-2H3,(H2,19,20,21);1H. The first-order chi connectivity index (χ1) is 12.1. The fourth-order valence-corrected chi connectivity index (χ4v) is 3.42. The summed E-state index contributed by atoms with van der Waals surface area (Å²) in [5.41, 5.74) is 0. The van der Waals surface area contributed by atoms with Crippen molar-refractivity contribution < 1.29 is 9.59 Å². The van der Waals surface area contributed by atoms with E-state index in [1.54, 1.807) is 0 Å². The van der Waals surface area contributed by atoms with Crippen molar-refractivity contribution in [1.29, 1.82) is 0 Å². The van der Waals surface area contributed by atoms with Gasteiger partial charge in [0.15, 0.2) is 5.96 Å². The molecule has 2 N–H and O–H groups in total. The van der Waals surface area contributed by atoms with E-state index >= 15 is 0 Å². The molecule has 0 aromatic heterocycles. The van der Waals surface area contributed by atoms with E-state index in [2.05, 4.69) is 22.5 Å². The molecule has 26 heavy (non-hydrogen) atoms. The molecule has 1 atom stereocenters. The Morgan fingerprint density at radius 1 is 1.04 bits per heavy atom. The number of piperidine rings is 1. The lowest BCUT2D eigenvalue weighted by Gasteiger charge is -2.31. The zero-order valence-electron chi connectivity index (χ0n) is 16.1. The minimum absolute atomic E-state index is 0. The number of nitrogens with zero attached hydrogens (tertiary/aromatic N) is 3. The summed E-state index contributed by atoms with van der Waals surface area (Å²) >= 11 is 0. The highest BCUT2D eigenvalue weighted by molar-refractivity contribution is 14.0. The third-order valence-corrected chi connectivity index (χ3v) is 4.82. The Hall–Kier alpha value is -1.06. The van der Waals surface area contributed by atoms with Crippen molar-refractivity contribution in [3.05, 3.63) is 0 Å². The Bertz CT molecular complexity index is 480. The van der Waals surface area contributed by atoms with E-state index in [1.165, 1.54) is 6.42 Å². The molecule has 1 unspecified atom stereocenters. The van der Waals surface area contributed by atoms with Crippen LogP contribution in [-0.4, -0.2) is 73.4 Å². The highest BCUT2D eigenvalue weighted by Gasteiger charge is 2.20. The first kappa shape index (κ1) is 23.0. The van der Waals surface area contributed by atoms with E-state index in [0.29, 0.717) is 24.8 Å². The largest absolute Gasteiger partial charge is 0.357 e. The smallest absolute Gasteiger partial charge is 0.244 e. The molecule has 8 heteroatoms. The van der Waals surface area contributed by atoms with Gasteiger partial charge >= 0.3 is 0 Å². The van der Waals surface area contributed by atoms with Crippen LogP contribution in [0.1, 0.15) is 46.0 Å². The molecular weight excluding hydrogens is 445 g/mol. The second-order valence-corrected chi connectivity index (χ2v) is 7.05. The van der Waals surface area contributed by atoms with Crippen LogP contribution in [0.3, 0.4) is 0 Å². The molecule has 2 aliphatic heterocycles. The predicted molar refractivity (Wildman–Crippen MR) is 115 cm³/mol. The van der Waals surface area contributed by atoms with Gasteiger partial charge in [-0.2, -0.15) is 0 Å². The van der Waals surface area contributed by atoms with Gasteiger partial charge in [0.05, 0.1) is 0 Å². The maximum absolute atomic E-state index is 12.3. The summed E-state index contributed by atoms with van der Waals surface area (Å²) in [5.74, 6) is 1.48. The number of amides is 2. The highest BCUT2D eigenvalue weighted by Crippen LogP contribution is 2.15. The molecule has 2 aliphatic rings. The first-order valence-electron chi connectivity index (χ1n) is 9.68. The Balaban J connectivity index is 0.00000338. The van der Waals surface area contributed by atoms with Crippen LogP contribution in [0.15, 0.2) is 4.99 Å². The molecule has 0 aromatic carbocycles. The lowest BCUT2D eigenvalue weighted by atomic mass is 10.00. The van der Waals surface area contributed by atoms with Crippen molar-refractivity contribution >= 4 is 41.8 Å². The zero-order chi connectivity index (χ0) is 18.1. The molecule has 2 heterocycles. The molecule has 2 rings (SSSR count). The van der Waals surface area contributed by atoms with Crippen LogP contribution in [0.4, 0.5) is 0 Å². The van der Waals surface area contributed by atoms with Crippen LogP contribution in [0.2, 0.25) is 0 Å². The third kappa shape index (κ3) is 7.67. The number of hydrogen-bond acceptors (Lipinski definition) is 3. The van der Waals surface area contributed by atoms with E-state index in [4.69, 9.17) is 0 Å². The molecule has 0 bridgehead atoms. The van der Waals surface area contributed by atoms with Gasteiger partial charge in [0.2, 0.25) is 11.8 Å². The summed E-state index contributed by atoms with van der Waals surface area (Å²) in [5, 5.41) is 6.30. The molecule has 0 spiro atoms. The molecular formula is C18H34IN5O2. The average Bonchev–Trinajstić information content (AvgIpc) is 3.14. The van der Waals surface area contributed by atoms with Gasteiger partial charge in [0, 0.05) is 45.7 Å². The second kappa shape index (κ2) is 12.3. The van der Waals surface area contributed by atoms with E-state index < -0.39 is 0 Å². The van der Waals surface area contributed by atoms with Gasteiger partial charge in [-0.1, -0.05) is 6.92 Å². The molecule has 0 aromatic rings. The fourth-order valence-electron chi connectivity index (χ4n) is 3.42. The number of carbonyl (C=O) groups is 2. The number of guanidine groups is 1. The maximum Gasteiger partial charge on any atom is 0.244 e. The Morgan fingerprint density at radius 2 is 1.73 bits per heavy atom. The molecule has 150 valence electrons. The van der Waals surface area contributed by atoms with E-state index in [-0.39, 0.29) is 42.3 Å². The maximum atomic E-state index is 12.3. The SMILES string of the molecule is CCNC(=NCC(=O)N1CCCC1)NCCC(=O)N1CCCC(C)C1.I. The Labute approximate surface area is 174 Å². The summed E-state index contributed by atoms with van der Waals surface area (Å²) in [6, 6.07) is 0. The lowest BCUT2D eigenvalue weighted by Crippen LogP contribution is -2.43. The Kier molecular flexibility index (Phi) is 10.9. The first-order valence-corrected chi connectivity index (χ1v) is 9.68. The Morgan fingerprint density at radius 3 is 2.38 bits per heavy atom. The van der Waals surface area contributed by atoms with Crippen molar-refractivity contribution in [3.8, 4) is 0 Å². The molecule has 0 saturated carbocycles. The van der Waals surface area contributed by atoms with Crippen LogP contribution in [-0.2, 0) is 9.59 Å². The molecule has 2 fully saturated rings. The van der Waals surface area contributed by atoms with Gasteiger partial charge in [-0.3, -0.25) is 9.59 Å². The number of hydrogen-bond donors (Lipinski definition) is 2. The molecule has 2 saturated heterocycles. The highest BCUT2D eigenvalue weighted by atomic mass is 127. The lowest BCUT2D eigenvalue weighted by molar-refractivity contribution is -0.132. The fraction of sp³-hybridized carbons (Fsp3) is 0.833. The van der Waals surface area contributed by atoms with Crippen molar-refractivity contribution in [2.24, 2.45) is 10.9 Å². The number of aliphatic imine (C=N–C) groups is 1. The monoisotopic (exact) mass is 479 g/mol. The molecule has 0 radical (unpaired) electrons. The quantitative estimate of drug-likeness (QED) is 0.344. The van der Waals surface area contributed by atoms with Crippen LogP contribution in [0.5, 0.6) is 0 Å². The number of rotatable bonds is 6. The summed E-state index contributed by atoms with van der Waals surface area (Å²) in [7, 11) is 0. The van der Waals surface area contributed by atoms with Gasteiger partial charge in [-0.15, -0.1) is 24.0 Å². The number of nitrogens with one attached hydrogen (secondary N) is 2. The van der Waals surface area contributed by atoms with Crippen LogP contribution in [0.25, 0.3) is 0 Å². The summed E-state index contributed by atoms with van der Waals surface area (Å²) < 4.78 is 0. The van der Waals surface area contributed by atoms with Gasteiger partial charge in [-0.25, -0.2) is 4.99 Å². The molecule has 2 amide bonds. The number of carbonyl (C=O) groups excluding carboxylic acids is 2. The number of likely N-dealkylation sites (tertiary alicyclic amines) is 2. The summed E-state index contributed by atoms with van der Waals surface area (Å²) in [4.78, 5) is 32.6.